The van der Waals surface area contributed by atoms with E-state index >= 15 is 0 Å². The summed E-state index contributed by atoms with van der Waals surface area (Å²) < 4.78 is 5.09. The number of aliphatic hydroxyl groups is 1. The van der Waals surface area contributed by atoms with E-state index < -0.39 is 0 Å². The van der Waals surface area contributed by atoms with Crippen LogP contribution in [0.15, 0.2) is 24.3 Å². The quantitative estimate of drug-likeness (QED) is 0.780. The van der Waals surface area contributed by atoms with Crippen molar-refractivity contribution >= 4 is 0 Å². The molecule has 0 aliphatic carbocycles. The highest BCUT2D eigenvalue weighted by atomic mass is 16.5. The van der Waals surface area contributed by atoms with Gasteiger partial charge in [0.15, 0.2) is 0 Å². The van der Waals surface area contributed by atoms with E-state index in [1.807, 2.05) is 12.1 Å². The van der Waals surface area contributed by atoms with Crippen molar-refractivity contribution in [3.63, 3.8) is 0 Å². The summed E-state index contributed by atoms with van der Waals surface area (Å²) in [5.74, 6) is 1.40. The van der Waals surface area contributed by atoms with Crippen LogP contribution in [0.3, 0.4) is 0 Å². The highest BCUT2D eigenvalue weighted by Crippen LogP contribution is 2.22. The number of rotatable bonds is 5. The molecule has 14 heavy (non-hydrogen) atoms. The molecule has 0 heterocycles. The monoisotopic (exact) mass is 194 g/mol. The van der Waals surface area contributed by atoms with E-state index in [4.69, 9.17) is 9.84 Å². The molecule has 78 valence electrons. The summed E-state index contributed by atoms with van der Waals surface area (Å²) in [5.41, 5.74) is 1.30. The van der Waals surface area contributed by atoms with Crippen molar-refractivity contribution < 1.29 is 9.84 Å². The molecule has 2 nitrogen and oxygen atoms in total. The van der Waals surface area contributed by atoms with Gasteiger partial charge >= 0.3 is 0 Å². The van der Waals surface area contributed by atoms with Crippen molar-refractivity contribution in [3.8, 4) is 5.75 Å². The van der Waals surface area contributed by atoms with Crippen LogP contribution in [0.2, 0.25) is 0 Å². The average molecular weight is 194 g/mol. The third-order valence-corrected chi connectivity index (χ3v) is 2.48. The van der Waals surface area contributed by atoms with E-state index in [1.54, 1.807) is 7.11 Å². The molecule has 0 amide bonds. The molecule has 1 aromatic carbocycles. The van der Waals surface area contributed by atoms with Crippen LogP contribution >= 0.6 is 0 Å². The highest BCUT2D eigenvalue weighted by molar-refractivity contribution is 5.28. The van der Waals surface area contributed by atoms with Gasteiger partial charge in [-0.1, -0.05) is 19.1 Å². The lowest BCUT2D eigenvalue weighted by atomic mass is 9.96. The maximum Gasteiger partial charge on any atom is 0.118 e. The summed E-state index contributed by atoms with van der Waals surface area (Å²) in [6.07, 6.45) is 1.90. The molecular formula is C12H18O2. The Morgan fingerprint density at radius 1 is 1.29 bits per heavy atom. The second-order valence-electron chi connectivity index (χ2n) is 3.54. The van der Waals surface area contributed by atoms with Gasteiger partial charge in [0.05, 0.1) is 7.11 Å². The first-order valence-electron chi connectivity index (χ1n) is 5.02. The van der Waals surface area contributed by atoms with E-state index in [-0.39, 0.29) is 6.61 Å². The molecule has 1 rings (SSSR count). The van der Waals surface area contributed by atoms with Gasteiger partial charge in [-0.2, -0.15) is 0 Å². The number of ether oxygens (including phenoxy) is 1. The first-order valence-corrected chi connectivity index (χ1v) is 5.02. The minimum Gasteiger partial charge on any atom is -0.497 e. The van der Waals surface area contributed by atoms with Crippen molar-refractivity contribution in [1.82, 2.24) is 0 Å². The zero-order valence-electron chi connectivity index (χ0n) is 8.86. The Morgan fingerprint density at radius 2 is 1.93 bits per heavy atom. The predicted molar refractivity (Wildman–Crippen MR) is 57.7 cm³/mol. The minimum absolute atomic E-state index is 0.278. The number of aliphatic hydroxyl groups excluding tert-OH is 1. The van der Waals surface area contributed by atoms with Crippen LogP contribution in [0.4, 0.5) is 0 Å². The van der Waals surface area contributed by atoms with Crippen LogP contribution in [-0.4, -0.2) is 18.8 Å². The molecule has 0 bridgehead atoms. The zero-order chi connectivity index (χ0) is 10.4. The van der Waals surface area contributed by atoms with Crippen molar-refractivity contribution in [3.05, 3.63) is 29.8 Å². The standard InChI is InChI=1S/C12H18O2/c1-10(4-3-9-13)11-5-7-12(14-2)8-6-11/h5-8,10,13H,3-4,9H2,1-2H3. The first kappa shape index (κ1) is 11.1. The molecule has 0 spiro atoms. The lowest BCUT2D eigenvalue weighted by Gasteiger charge is -2.11. The fourth-order valence-corrected chi connectivity index (χ4v) is 1.50. The molecular weight excluding hydrogens is 176 g/mol. The molecule has 2 heteroatoms. The molecule has 0 aromatic heterocycles. The van der Waals surface area contributed by atoms with Crippen molar-refractivity contribution in [1.29, 1.82) is 0 Å². The van der Waals surface area contributed by atoms with E-state index in [9.17, 15) is 0 Å². The second-order valence-corrected chi connectivity index (χ2v) is 3.54. The molecule has 0 aliphatic heterocycles. The Bertz CT molecular complexity index is 254. The van der Waals surface area contributed by atoms with Crippen LogP contribution < -0.4 is 4.74 Å². The SMILES string of the molecule is COc1ccc(C(C)CCCO)cc1. The molecule has 0 fully saturated rings. The van der Waals surface area contributed by atoms with Gasteiger partial charge in [-0.15, -0.1) is 0 Å². The normalized spacial score (nSPS) is 12.5. The Labute approximate surface area is 85.5 Å². The van der Waals surface area contributed by atoms with E-state index in [0.717, 1.165) is 18.6 Å². The summed E-state index contributed by atoms with van der Waals surface area (Å²) in [6, 6.07) is 8.12. The third kappa shape index (κ3) is 3.04. The van der Waals surface area contributed by atoms with Gasteiger partial charge in [0, 0.05) is 6.61 Å². The minimum atomic E-state index is 0.278. The summed E-state index contributed by atoms with van der Waals surface area (Å²) >= 11 is 0. The summed E-state index contributed by atoms with van der Waals surface area (Å²) in [7, 11) is 1.67. The lowest BCUT2D eigenvalue weighted by Crippen LogP contribution is -1.95. The number of methoxy groups -OCH3 is 1. The van der Waals surface area contributed by atoms with Gasteiger partial charge in [0.2, 0.25) is 0 Å². The van der Waals surface area contributed by atoms with Gasteiger partial charge in [0.1, 0.15) is 5.75 Å². The molecule has 1 aromatic rings. The summed E-state index contributed by atoms with van der Waals surface area (Å²) in [6.45, 7) is 2.46. The van der Waals surface area contributed by atoms with Crippen LogP contribution in [0.5, 0.6) is 5.75 Å². The van der Waals surface area contributed by atoms with Gasteiger partial charge in [-0.25, -0.2) is 0 Å². The maximum atomic E-state index is 8.72. The van der Waals surface area contributed by atoms with Gasteiger partial charge < -0.3 is 9.84 Å². The molecule has 1 unspecified atom stereocenters. The highest BCUT2D eigenvalue weighted by Gasteiger charge is 2.04. The Hall–Kier alpha value is -1.02. The molecule has 0 saturated heterocycles. The third-order valence-electron chi connectivity index (χ3n) is 2.48. The first-order chi connectivity index (χ1) is 6.77. The molecule has 1 atom stereocenters. The number of hydrogen-bond donors (Lipinski definition) is 1. The average Bonchev–Trinajstić information content (AvgIpc) is 2.26. The fourth-order valence-electron chi connectivity index (χ4n) is 1.50. The van der Waals surface area contributed by atoms with Crippen molar-refractivity contribution in [2.24, 2.45) is 0 Å². The van der Waals surface area contributed by atoms with Crippen LogP contribution in [-0.2, 0) is 0 Å². The summed E-state index contributed by atoms with van der Waals surface area (Å²) in [4.78, 5) is 0. The topological polar surface area (TPSA) is 29.5 Å². The molecule has 1 N–H and O–H groups in total. The maximum absolute atomic E-state index is 8.72. The molecule has 0 radical (unpaired) electrons. The Balaban J connectivity index is 2.57. The smallest absolute Gasteiger partial charge is 0.118 e. The second kappa shape index (κ2) is 5.66. The van der Waals surface area contributed by atoms with Gasteiger partial charge in [0.25, 0.3) is 0 Å². The molecule has 0 saturated carbocycles. The lowest BCUT2D eigenvalue weighted by molar-refractivity contribution is 0.281. The van der Waals surface area contributed by atoms with Crippen LogP contribution in [0, 0.1) is 0 Å². The number of benzene rings is 1. The Morgan fingerprint density at radius 3 is 2.43 bits per heavy atom. The van der Waals surface area contributed by atoms with Crippen molar-refractivity contribution in [2.45, 2.75) is 25.7 Å². The van der Waals surface area contributed by atoms with E-state index in [1.165, 1.54) is 5.56 Å². The van der Waals surface area contributed by atoms with Gasteiger partial charge in [-0.05, 0) is 36.5 Å². The zero-order valence-corrected chi connectivity index (χ0v) is 8.86. The Kier molecular flexibility index (Phi) is 4.47. The van der Waals surface area contributed by atoms with Crippen LogP contribution in [0.25, 0.3) is 0 Å². The molecule has 0 aliphatic rings. The van der Waals surface area contributed by atoms with Gasteiger partial charge in [-0.3, -0.25) is 0 Å². The van der Waals surface area contributed by atoms with Crippen LogP contribution in [0.1, 0.15) is 31.2 Å². The van der Waals surface area contributed by atoms with E-state index in [2.05, 4.69) is 19.1 Å². The van der Waals surface area contributed by atoms with Crippen molar-refractivity contribution in [2.75, 3.05) is 13.7 Å². The van der Waals surface area contributed by atoms with E-state index in [0.29, 0.717) is 5.92 Å². The predicted octanol–water partition coefficient (Wildman–Crippen LogP) is 2.57. The number of hydrogen-bond acceptors (Lipinski definition) is 2. The fraction of sp³-hybridized carbons (Fsp3) is 0.500. The largest absolute Gasteiger partial charge is 0.497 e. The summed E-state index contributed by atoms with van der Waals surface area (Å²) in [5, 5.41) is 8.72.